The molecule has 0 bridgehead atoms. The lowest BCUT2D eigenvalue weighted by molar-refractivity contribution is 0.103. The Kier molecular flexibility index (Phi) is 3.34. The molecule has 0 aliphatic carbocycles. The SMILES string of the molecule is CCc1oc2ccccc2c1C(=O)c1ccc(C)c(F)c1. The van der Waals surface area contributed by atoms with Crippen LogP contribution >= 0.6 is 0 Å². The maximum Gasteiger partial charge on any atom is 0.197 e. The Labute approximate surface area is 122 Å². The van der Waals surface area contributed by atoms with E-state index in [-0.39, 0.29) is 11.6 Å². The molecule has 0 radical (unpaired) electrons. The Morgan fingerprint density at radius 2 is 1.95 bits per heavy atom. The molecule has 3 aromatic rings. The third kappa shape index (κ3) is 2.25. The number of aryl methyl sites for hydroxylation is 2. The van der Waals surface area contributed by atoms with Gasteiger partial charge >= 0.3 is 0 Å². The second kappa shape index (κ2) is 5.17. The molecule has 0 saturated heterocycles. The molecule has 21 heavy (non-hydrogen) atoms. The molecular weight excluding hydrogens is 267 g/mol. The molecule has 3 rings (SSSR count). The molecule has 0 aliphatic rings. The van der Waals surface area contributed by atoms with Crippen LogP contribution in [-0.4, -0.2) is 5.78 Å². The average molecular weight is 282 g/mol. The highest BCUT2D eigenvalue weighted by Gasteiger charge is 2.21. The number of halogens is 1. The van der Waals surface area contributed by atoms with Gasteiger partial charge in [-0.3, -0.25) is 4.79 Å². The van der Waals surface area contributed by atoms with Gasteiger partial charge in [0.2, 0.25) is 0 Å². The van der Waals surface area contributed by atoms with E-state index in [2.05, 4.69) is 0 Å². The van der Waals surface area contributed by atoms with E-state index in [9.17, 15) is 9.18 Å². The topological polar surface area (TPSA) is 30.2 Å². The number of para-hydroxylation sites is 1. The van der Waals surface area contributed by atoms with Gasteiger partial charge in [0.1, 0.15) is 17.2 Å². The molecule has 0 aliphatic heterocycles. The Hall–Kier alpha value is -2.42. The lowest BCUT2D eigenvalue weighted by Gasteiger charge is -2.03. The summed E-state index contributed by atoms with van der Waals surface area (Å²) in [4.78, 5) is 12.7. The van der Waals surface area contributed by atoms with Crippen LogP contribution in [0, 0.1) is 12.7 Å². The highest BCUT2D eigenvalue weighted by Crippen LogP contribution is 2.28. The van der Waals surface area contributed by atoms with Crippen molar-refractivity contribution in [2.75, 3.05) is 0 Å². The first-order valence-electron chi connectivity index (χ1n) is 6.93. The van der Waals surface area contributed by atoms with E-state index in [4.69, 9.17) is 4.42 Å². The molecule has 1 heterocycles. The van der Waals surface area contributed by atoms with Crippen LogP contribution in [-0.2, 0) is 6.42 Å². The van der Waals surface area contributed by atoms with Crippen molar-refractivity contribution >= 4 is 16.8 Å². The predicted octanol–water partition coefficient (Wildman–Crippen LogP) is 4.67. The number of hydrogen-bond donors (Lipinski definition) is 0. The maximum absolute atomic E-state index is 13.7. The van der Waals surface area contributed by atoms with Gasteiger partial charge in [0, 0.05) is 17.4 Å². The Balaban J connectivity index is 2.18. The molecule has 2 nitrogen and oxygen atoms in total. The van der Waals surface area contributed by atoms with Gasteiger partial charge in [0.25, 0.3) is 0 Å². The molecule has 0 spiro atoms. The zero-order chi connectivity index (χ0) is 15.0. The zero-order valence-corrected chi connectivity index (χ0v) is 11.9. The summed E-state index contributed by atoms with van der Waals surface area (Å²) in [5.74, 6) is 0.0737. The fraction of sp³-hybridized carbons (Fsp3) is 0.167. The fourth-order valence-electron chi connectivity index (χ4n) is 2.47. The summed E-state index contributed by atoms with van der Waals surface area (Å²) in [5.41, 5.74) is 2.10. The quantitative estimate of drug-likeness (QED) is 0.653. The van der Waals surface area contributed by atoms with E-state index < -0.39 is 0 Å². The van der Waals surface area contributed by atoms with Crippen LogP contribution in [0.2, 0.25) is 0 Å². The van der Waals surface area contributed by atoms with E-state index in [1.165, 1.54) is 6.07 Å². The van der Waals surface area contributed by atoms with Crippen LogP contribution in [0.25, 0.3) is 11.0 Å². The van der Waals surface area contributed by atoms with Crippen LogP contribution in [0.1, 0.15) is 34.2 Å². The minimum atomic E-state index is -0.369. The first kappa shape index (κ1) is 13.6. The molecule has 0 atom stereocenters. The summed E-state index contributed by atoms with van der Waals surface area (Å²) in [6, 6.07) is 12.0. The van der Waals surface area contributed by atoms with Crippen molar-refractivity contribution in [3.05, 3.63) is 70.7 Å². The van der Waals surface area contributed by atoms with Crippen molar-refractivity contribution < 1.29 is 13.6 Å². The first-order valence-corrected chi connectivity index (χ1v) is 6.93. The summed E-state index contributed by atoms with van der Waals surface area (Å²) in [6.07, 6.45) is 0.615. The monoisotopic (exact) mass is 282 g/mol. The third-order valence-electron chi connectivity index (χ3n) is 3.65. The number of furan rings is 1. The van der Waals surface area contributed by atoms with Gasteiger partial charge in [-0.1, -0.05) is 37.3 Å². The van der Waals surface area contributed by atoms with Crippen molar-refractivity contribution in [3.8, 4) is 0 Å². The number of fused-ring (bicyclic) bond motifs is 1. The van der Waals surface area contributed by atoms with Gasteiger partial charge in [0.05, 0.1) is 5.56 Å². The molecule has 2 aromatic carbocycles. The lowest BCUT2D eigenvalue weighted by Crippen LogP contribution is -2.04. The molecule has 1 aromatic heterocycles. The highest BCUT2D eigenvalue weighted by atomic mass is 19.1. The second-order valence-electron chi connectivity index (χ2n) is 5.04. The van der Waals surface area contributed by atoms with E-state index in [1.54, 1.807) is 19.1 Å². The highest BCUT2D eigenvalue weighted by molar-refractivity contribution is 6.16. The van der Waals surface area contributed by atoms with Crippen molar-refractivity contribution in [2.24, 2.45) is 0 Å². The molecule has 0 N–H and O–H groups in total. The average Bonchev–Trinajstić information content (AvgIpc) is 2.87. The third-order valence-corrected chi connectivity index (χ3v) is 3.65. The van der Waals surface area contributed by atoms with Crippen LogP contribution in [0.5, 0.6) is 0 Å². The summed E-state index contributed by atoms with van der Waals surface area (Å²) >= 11 is 0. The lowest BCUT2D eigenvalue weighted by atomic mass is 9.98. The van der Waals surface area contributed by atoms with Crippen LogP contribution < -0.4 is 0 Å². The number of hydrogen-bond acceptors (Lipinski definition) is 2. The van der Waals surface area contributed by atoms with Crippen molar-refractivity contribution in [1.29, 1.82) is 0 Å². The minimum absolute atomic E-state index is 0.198. The van der Waals surface area contributed by atoms with Gasteiger partial charge in [-0.05, 0) is 24.6 Å². The summed E-state index contributed by atoms with van der Waals surface area (Å²) < 4.78 is 19.4. The van der Waals surface area contributed by atoms with E-state index in [1.807, 2.05) is 31.2 Å². The smallest absolute Gasteiger partial charge is 0.197 e. The first-order chi connectivity index (χ1) is 10.1. The molecule has 0 amide bonds. The number of carbonyl (C=O) groups excluding carboxylic acids is 1. The maximum atomic E-state index is 13.7. The van der Waals surface area contributed by atoms with Crippen LogP contribution in [0.4, 0.5) is 4.39 Å². The number of rotatable bonds is 3. The minimum Gasteiger partial charge on any atom is -0.460 e. The number of benzene rings is 2. The normalized spacial score (nSPS) is 11.0. The fourth-order valence-corrected chi connectivity index (χ4v) is 2.47. The second-order valence-corrected chi connectivity index (χ2v) is 5.04. The Morgan fingerprint density at radius 3 is 2.67 bits per heavy atom. The molecule has 0 saturated carbocycles. The van der Waals surface area contributed by atoms with Gasteiger partial charge < -0.3 is 4.42 Å². The van der Waals surface area contributed by atoms with Crippen molar-refractivity contribution in [1.82, 2.24) is 0 Å². The molecular formula is C18H15FO2. The summed E-state index contributed by atoms with van der Waals surface area (Å²) in [6.45, 7) is 3.61. The zero-order valence-electron chi connectivity index (χ0n) is 11.9. The van der Waals surface area contributed by atoms with Crippen LogP contribution in [0.3, 0.4) is 0 Å². The largest absolute Gasteiger partial charge is 0.460 e. The van der Waals surface area contributed by atoms with E-state index in [0.717, 1.165) is 5.39 Å². The van der Waals surface area contributed by atoms with Gasteiger partial charge in [0.15, 0.2) is 5.78 Å². The Morgan fingerprint density at radius 1 is 1.19 bits per heavy atom. The van der Waals surface area contributed by atoms with E-state index in [0.29, 0.717) is 34.5 Å². The van der Waals surface area contributed by atoms with Gasteiger partial charge in [-0.25, -0.2) is 4.39 Å². The van der Waals surface area contributed by atoms with Gasteiger partial charge in [-0.15, -0.1) is 0 Å². The standard InChI is InChI=1S/C18H15FO2/c1-3-15-17(13-6-4-5-7-16(13)21-15)18(20)12-9-8-11(2)14(19)10-12/h4-10H,3H2,1-2H3. The van der Waals surface area contributed by atoms with Crippen molar-refractivity contribution in [3.63, 3.8) is 0 Å². The van der Waals surface area contributed by atoms with Crippen LogP contribution in [0.15, 0.2) is 46.9 Å². The number of carbonyl (C=O) groups is 1. The summed E-state index contributed by atoms with van der Waals surface area (Å²) in [7, 11) is 0. The summed E-state index contributed by atoms with van der Waals surface area (Å²) in [5, 5.41) is 0.778. The predicted molar refractivity (Wildman–Crippen MR) is 80.2 cm³/mol. The van der Waals surface area contributed by atoms with Gasteiger partial charge in [-0.2, -0.15) is 0 Å². The van der Waals surface area contributed by atoms with Crippen molar-refractivity contribution in [2.45, 2.75) is 20.3 Å². The Bertz CT molecular complexity index is 830. The molecule has 0 unspecified atom stereocenters. The molecule has 0 fully saturated rings. The van der Waals surface area contributed by atoms with E-state index >= 15 is 0 Å². The number of ketones is 1. The molecule has 3 heteroatoms. The molecule has 106 valence electrons.